The first-order valence-corrected chi connectivity index (χ1v) is 13.0. The van der Waals surface area contributed by atoms with Crippen LogP contribution in [0.1, 0.15) is 34.8 Å². The number of fused-ring (bicyclic) bond motifs is 1. The molecule has 0 unspecified atom stereocenters. The average molecular weight is 491 g/mol. The maximum absolute atomic E-state index is 13.2. The number of para-hydroxylation sites is 2. The van der Waals surface area contributed by atoms with Crippen molar-refractivity contribution in [2.24, 2.45) is 0 Å². The summed E-state index contributed by atoms with van der Waals surface area (Å²) in [6.07, 6.45) is 1.32. The molecule has 3 aromatic carbocycles. The van der Waals surface area contributed by atoms with Gasteiger partial charge < -0.3 is 9.88 Å². The standard InChI is InChI=1S/C26H26N4O4S/c1-18-9-11-22(12-10-18)35(33,34)28-20-6-4-5-19(17-20)25(31)29-15-13-21(14-16-29)30-24-8-3-2-7-23(24)27-26(30)32/h2-12,17,21,28H,13-16H2,1H3,(H,27,32). The van der Waals surface area contributed by atoms with Gasteiger partial charge in [0.15, 0.2) is 0 Å². The van der Waals surface area contributed by atoms with Crippen LogP contribution in [0.15, 0.2) is 82.5 Å². The molecule has 1 saturated heterocycles. The highest BCUT2D eigenvalue weighted by atomic mass is 32.2. The summed E-state index contributed by atoms with van der Waals surface area (Å²) in [5.74, 6) is -0.161. The number of benzene rings is 3. The molecule has 1 fully saturated rings. The van der Waals surface area contributed by atoms with Gasteiger partial charge in [0, 0.05) is 30.4 Å². The number of carbonyl (C=O) groups is 1. The van der Waals surface area contributed by atoms with Crippen LogP contribution in [0.2, 0.25) is 0 Å². The fourth-order valence-electron chi connectivity index (χ4n) is 4.59. The minimum absolute atomic E-state index is 0.00959. The van der Waals surface area contributed by atoms with Gasteiger partial charge in [-0.25, -0.2) is 13.2 Å². The number of likely N-dealkylation sites (tertiary alicyclic amines) is 1. The van der Waals surface area contributed by atoms with Crippen LogP contribution in [-0.2, 0) is 10.0 Å². The van der Waals surface area contributed by atoms with Crippen molar-refractivity contribution in [3.8, 4) is 0 Å². The smallest absolute Gasteiger partial charge is 0.326 e. The van der Waals surface area contributed by atoms with Crippen molar-refractivity contribution in [3.05, 3.63) is 94.4 Å². The van der Waals surface area contributed by atoms with E-state index in [1.807, 2.05) is 31.2 Å². The van der Waals surface area contributed by atoms with Crippen molar-refractivity contribution in [2.75, 3.05) is 17.8 Å². The predicted molar refractivity (Wildman–Crippen MR) is 135 cm³/mol. The number of H-pyrrole nitrogens is 1. The van der Waals surface area contributed by atoms with Crippen LogP contribution in [0.3, 0.4) is 0 Å². The van der Waals surface area contributed by atoms with Gasteiger partial charge in [-0.2, -0.15) is 0 Å². The molecule has 0 atom stereocenters. The molecule has 5 rings (SSSR count). The second kappa shape index (κ2) is 9.07. The zero-order chi connectivity index (χ0) is 24.6. The van der Waals surface area contributed by atoms with Gasteiger partial charge in [-0.1, -0.05) is 35.9 Å². The Morgan fingerprint density at radius 2 is 1.69 bits per heavy atom. The Balaban J connectivity index is 1.28. The third-order valence-corrected chi connectivity index (χ3v) is 7.83. The summed E-state index contributed by atoms with van der Waals surface area (Å²) in [7, 11) is -3.76. The Morgan fingerprint density at radius 3 is 2.43 bits per heavy atom. The number of nitrogens with zero attached hydrogens (tertiary/aromatic N) is 2. The van der Waals surface area contributed by atoms with Crippen LogP contribution in [0, 0.1) is 6.92 Å². The molecule has 1 aliphatic rings. The van der Waals surface area contributed by atoms with E-state index in [1.54, 1.807) is 58.0 Å². The van der Waals surface area contributed by atoms with E-state index >= 15 is 0 Å². The Morgan fingerprint density at radius 1 is 0.971 bits per heavy atom. The first-order valence-electron chi connectivity index (χ1n) is 11.5. The quantitative estimate of drug-likeness (QED) is 0.442. The Kier molecular flexibility index (Phi) is 5.94. The highest BCUT2D eigenvalue weighted by Gasteiger charge is 2.27. The number of carbonyl (C=O) groups excluding carboxylic acids is 1. The number of anilines is 1. The largest absolute Gasteiger partial charge is 0.338 e. The Labute approximate surface area is 203 Å². The zero-order valence-corrected chi connectivity index (χ0v) is 20.1. The van der Waals surface area contributed by atoms with Crippen molar-refractivity contribution in [1.29, 1.82) is 0 Å². The predicted octanol–water partition coefficient (Wildman–Crippen LogP) is 3.92. The van der Waals surface area contributed by atoms with Crippen molar-refractivity contribution in [3.63, 3.8) is 0 Å². The highest BCUT2D eigenvalue weighted by Crippen LogP contribution is 2.26. The van der Waals surface area contributed by atoms with Gasteiger partial charge >= 0.3 is 5.69 Å². The lowest BCUT2D eigenvalue weighted by molar-refractivity contribution is 0.0695. The number of imidazole rings is 1. The number of aromatic nitrogens is 2. The summed E-state index contributed by atoms with van der Waals surface area (Å²) in [6.45, 7) is 2.91. The van der Waals surface area contributed by atoms with E-state index in [4.69, 9.17) is 0 Å². The molecule has 0 spiro atoms. The molecule has 0 radical (unpaired) electrons. The number of hydrogen-bond donors (Lipinski definition) is 2. The SMILES string of the molecule is Cc1ccc(S(=O)(=O)Nc2cccc(C(=O)N3CCC(n4c(=O)[nH]c5ccccc54)CC3)c2)cc1. The van der Waals surface area contributed by atoms with Gasteiger partial charge in [-0.05, 0) is 62.2 Å². The molecule has 8 nitrogen and oxygen atoms in total. The van der Waals surface area contributed by atoms with E-state index < -0.39 is 10.0 Å². The number of amides is 1. The highest BCUT2D eigenvalue weighted by molar-refractivity contribution is 7.92. The van der Waals surface area contributed by atoms with E-state index in [1.165, 1.54) is 0 Å². The Hall–Kier alpha value is -3.85. The zero-order valence-electron chi connectivity index (χ0n) is 19.3. The van der Waals surface area contributed by atoms with E-state index in [-0.39, 0.29) is 22.5 Å². The topological polar surface area (TPSA) is 104 Å². The fraction of sp³-hybridized carbons (Fsp3) is 0.231. The number of piperidine rings is 1. The second-order valence-corrected chi connectivity index (χ2v) is 10.5. The monoisotopic (exact) mass is 490 g/mol. The summed E-state index contributed by atoms with van der Waals surface area (Å²) in [6, 6.07) is 20.7. The minimum Gasteiger partial charge on any atom is -0.338 e. The van der Waals surface area contributed by atoms with Gasteiger partial charge in [0.05, 0.1) is 15.9 Å². The van der Waals surface area contributed by atoms with Crippen LogP contribution in [0.25, 0.3) is 11.0 Å². The normalized spacial score (nSPS) is 14.8. The first kappa shape index (κ1) is 22.9. The van der Waals surface area contributed by atoms with Gasteiger partial charge in [0.25, 0.3) is 15.9 Å². The summed E-state index contributed by atoms with van der Waals surface area (Å²) >= 11 is 0. The summed E-state index contributed by atoms with van der Waals surface area (Å²) in [5, 5.41) is 0. The summed E-state index contributed by atoms with van der Waals surface area (Å²) < 4.78 is 29.8. The molecule has 0 bridgehead atoms. The van der Waals surface area contributed by atoms with E-state index in [0.717, 1.165) is 16.6 Å². The molecule has 180 valence electrons. The van der Waals surface area contributed by atoms with Gasteiger partial charge in [0.1, 0.15) is 0 Å². The van der Waals surface area contributed by atoms with E-state index in [2.05, 4.69) is 9.71 Å². The molecule has 1 aromatic heterocycles. The van der Waals surface area contributed by atoms with Gasteiger partial charge in [-0.15, -0.1) is 0 Å². The lowest BCUT2D eigenvalue weighted by atomic mass is 10.0. The van der Waals surface area contributed by atoms with Crippen LogP contribution in [0.5, 0.6) is 0 Å². The molecule has 9 heteroatoms. The van der Waals surface area contributed by atoms with E-state index in [0.29, 0.717) is 37.2 Å². The van der Waals surface area contributed by atoms with Crippen LogP contribution < -0.4 is 10.4 Å². The van der Waals surface area contributed by atoms with E-state index in [9.17, 15) is 18.0 Å². The fourth-order valence-corrected chi connectivity index (χ4v) is 5.64. The van der Waals surface area contributed by atoms with Crippen molar-refractivity contribution >= 4 is 32.7 Å². The second-order valence-electron chi connectivity index (χ2n) is 8.84. The molecule has 35 heavy (non-hydrogen) atoms. The number of sulfonamides is 1. The number of nitrogens with one attached hydrogen (secondary N) is 2. The number of rotatable bonds is 5. The molecule has 2 N–H and O–H groups in total. The Bertz CT molecular complexity index is 1550. The first-order chi connectivity index (χ1) is 16.8. The average Bonchev–Trinajstić information content (AvgIpc) is 3.19. The molecule has 2 heterocycles. The summed E-state index contributed by atoms with van der Waals surface area (Å²) in [4.78, 5) is 30.5. The molecular weight excluding hydrogens is 464 g/mol. The molecule has 0 saturated carbocycles. The van der Waals surface area contributed by atoms with Crippen molar-refractivity contribution in [2.45, 2.75) is 30.7 Å². The van der Waals surface area contributed by atoms with Crippen molar-refractivity contribution < 1.29 is 13.2 Å². The lowest BCUT2D eigenvalue weighted by Crippen LogP contribution is -2.40. The third-order valence-electron chi connectivity index (χ3n) is 6.43. The lowest BCUT2D eigenvalue weighted by Gasteiger charge is -2.32. The number of aryl methyl sites for hydroxylation is 1. The van der Waals surface area contributed by atoms with Crippen LogP contribution in [0.4, 0.5) is 5.69 Å². The molecule has 4 aromatic rings. The molecule has 1 aliphatic heterocycles. The summed E-state index contributed by atoms with van der Waals surface area (Å²) in [5.41, 5.74) is 3.25. The maximum atomic E-state index is 13.2. The third kappa shape index (κ3) is 4.59. The minimum atomic E-state index is -3.76. The molecular formula is C26H26N4O4S. The van der Waals surface area contributed by atoms with Gasteiger partial charge in [0.2, 0.25) is 0 Å². The maximum Gasteiger partial charge on any atom is 0.326 e. The number of hydrogen-bond acceptors (Lipinski definition) is 4. The molecule has 0 aliphatic carbocycles. The number of aromatic amines is 1. The van der Waals surface area contributed by atoms with Crippen LogP contribution >= 0.6 is 0 Å². The van der Waals surface area contributed by atoms with Crippen molar-refractivity contribution in [1.82, 2.24) is 14.5 Å². The van der Waals surface area contributed by atoms with Gasteiger partial charge in [-0.3, -0.25) is 14.1 Å². The van der Waals surface area contributed by atoms with Crippen LogP contribution in [-0.4, -0.2) is 41.9 Å². The molecule has 1 amide bonds.